The number of nitrogens with zero attached hydrogens (tertiary/aromatic N) is 1. The summed E-state index contributed by atoms with van der Waals surface area (Å²) in [4.78, 5) is 27.7. The summed E-state index contributed by atoms with van der Waals surface area (Å²) in [6.45, 7) is 5.02. The second-order valence-corrected chi connectivity index (χ2v) is 8.63. The molecule has 37 heavy (non-hydrogen) atoms. The van der Waals surface area contributed by atoms with Gasteiger partial charge in [-0.3, -0.25) is 9.59 Å². The van der Waals surface area contributed by atoms with E-state index in [1.54, 1.807) is 49.6 Å². The van der Waals surface area contributed by atoms with E-state index in [1.807, 2.05) is 44.2 Å². The lowest BCUT2D eigenvalue weighted by Crippen LogP contribution is -2.30. The number of carbonyl (C=O) groups is 2. The minimum Gasteiger partial charge on any atom is -0.507 e. The molecule has 1 atom stereocenters. The van der Waals surface area contributed by atoms with E-state index in [1.165, 1.54) is 4.90 Å². The summed E-state index contributed by atoms with van der Waals surface area (Å²) >= 11 is 0. The maximum absolute atomic E-state index is 13.2. The molecule has 4 rings (SSSR count). The van der Waals surface area contributed by atoms with E-state index in [9.17, 15) is 14.7 Å². The summed E-state index contributed by atoms with van der Waals surface area (Å²) in [5, 5.41) is 11.3. The lowest BCUT2D eigenvalue weighted by molar-refractivity contribution is -0.139. The van der Waals surface area contributed by atoms with Crippen molar-refractivity contribution in [2.24, 2.45) is 0 Å². The molecule has 1 aliphatic heterocycles. The van der Waals surface area contributed by atoms with Crippen molar-refractivity contribution in [2.45, 2.75) is 32.9 Å². The molecule has 7 nitrogen and oxygen atoms in total. The van der Waals surface area contributed by atoms with E-state index in [-0.39, 0.29) is 11.3 Å². The topological polar surface area (TPSA) is 85.3 Å². The number of aliphatic hydroxyl groups is 1. The fourth-order valence-corrected chi connectivity index (χ4v) is 4.44. The summed E-state index contributed by atoms with van der Waals surface area (Å²) in [6, 6.07) is 21.1. The van der Waals surface area contributed by atoms with Gasteiger partial charge in [-0.05, 0) is 60.9 Å². The smallest absolute Gasteiger partial charge is 0.295 e. The summed E-state index contributed by atoms with van der Waals surface area (Å²) in [5.41, 5.74) is 2.10. The van der Waals surface area contributed by atoms with Crippen LogP contribution >= 0.6 is 0 Å². The number of hydrogen-bond donors (Lipinski definition) is 1. The molecule has 0 bridgehead atoms. The number of hydrogen-bond acceptors (Lipinski definition) is 6. The predicted molar refractivity (Wildman–Crippen MR) is 141 cm³/mol. The van der Waals surface area contributed by atoms with Crippen molar-refractivity contribution in [1.29, 1.82) is 0 Å². The van der Waals surface area contributed by atoms with Gasteiger partial charge in [-0.1, -0.05) is 43.3 Å². The Morgan fingerprint density at radius 1 is 0.919 bits per heavy atom. The quantitative estimate of drug-likeness (QED) is 0.224. The number of Topliss-reactive ketones (excluding diaryl/α,β-unsaturated/α-hetero) is 1. The zero-order valence-corrected chi connectivity index (χ0v) is 21.3. The molecule has 1 aliphatic rings. The van der Waals surface area contributed by atoms with Crippen LogP contribution in [0.25, 0.3) is 5.76 Å². The normalized spacial score (nSPS) is 16.6. The van der Waals surface area contributed by atoms with Crippen molar-refractivity contribution in [3.63, 3.8) is 0 Å². The lowest BCUT2D eigenvalue weighted by atomic mass is 9.95. The van der Waals surface area contributed by atoms with Crippen LogP contribution < -0.4 is 14.2 Å². The molecule has 3 aromatic rings. The minimum atomic E-state index is -0.767. The van der Waals surface area contributed by atoms with Crippen LogP contribution in [0.15, 0.2) is 78.4 Å². The molecule has 1 unspecified atom stereocenters. The van der Waals surface area contributed by atoms with Crippen molar-refractivity contribution in [2.75, 3.05) is 20.3 Å². The number of ketones is 1. The molecule has 1 fully saturated rings. The molecule has 0 aliphatic carbocycles. The van der Waals surface area contributed by atoms with Crippen LogP contribution in [-0.2, 0) is 16.2 Å². The second-order valence-electron chi connectivity index (χ2n) is 8.63. The van der Waals surface area contributed by atoms with E-state index >= 15 is 0 Å². The predicted octanol–water partition coefficient (Wildman–Crippen LogP) is 5.50. The second kappa shape index (κ2) is 11.6. The van der Waals surface area contributed by atoms with Crippen molar-refractivity contribution in [3.05, 3.63) is 95.1 Å². The molecule has 0 radical (unpaired) electrons. The van der Waals surface area contributed by atoms with Gasteiger partial charge in [0, 0.05) is 12.1 Å². The molecule has 1 N–H and O–H groups in total. The van der Waals surface area contributed by atoms with E-state index in [2.05, 4.69) is 0 Å². The van der Waals surface area contributed by atoms with Crippen molar-refractivity contribution in [3.8, 4) is 17.2 Å². The maximum atomic E-state index is 13.2. The van der Waals surface area contributed by atoms with Crippen LogP contribution in [0.4, 0.5) is 0 Å². The zero-order valence-electron chi connectivity index (χ0n) is 21.3. The SMILES string of the molecule is CCCN1C(=O)C(=O)/C(=C(\O)c2ccc(OCC)cc2)C1c1ccc(OC)c(OCc2ccccc2)c1. The number of aliphatic hydroxyl groups excluding tert-OH is 1. The fraction of sp³-hybridized carbons (Fsp3) is 0.267. The Labute approximate surface area is 216 Å². The van der Waals surface area contributed by atoms with Crippen LogP contribution in [-0.4, -0.2) is 42.0 Å². The molecule has 192 valence electrons. The molecular weight excluding hydrogens is 470 g/mol. The maximum Gasteiger partial charge on any atom is 0.295 e. The number of likely N-dealkylation sites (tertiary alicyclic amines) is 1. The van der Waals surface area contributed by atoms with E-state index < -0.39 is 17.7 Å². The summed E-state index contributed by atoms with van der Waals surface area (Å²) in [5.74, 6) is 0.0740. The van der Waals surface area contributed by atoms with E-state index in [0.717, 1.165) is 5.56 Å². The standard InChI is InChI=1S/C30H31NO6/c1-4-17-31-27(22-13-16-24(35-3)25(18-22)37-19-20-9-7-6-8-10-20)26(29(33)30(31)34)28(32)21-11-14-23(15-12-21)36-5-2/h6-16,18,27,32H,4-5,17,19H2,1-3H3/b28-26-. The third-order valence-corrected chi connectivity index (χ3v) is 6.18. The zero-order chi connectivity index (χ0) is 26.4. The summed E-state index contributed by atoms with van der Waals surface area (Å²) < 4.78 is 17.1. The number of amides is 1. The molecular formula is C30H31NO6. The first-order valence-electron chi connectivity index (χ1n) is 12.3. The van der Waals surface area contributed by atoms with E-state index in [4.69, 9.17) is 14.2 Å². The van der Waals surface area contributed by atoms with Crippen LogP contribution in [0.1, 0.15) is 43.0 Å². The molecule has 7 heteroatoms. The highest BCUT2D eigenvalue weighted by Crippen LogP contribution is 2.42. The monoisotopic (exact) mass is 501 g/mol. The van der Waals surface area contributed by atoms with Crippen molar-refractivity contribution < 1.29 is 28.9 Å². The molecule has 1 heterocycles. The number of carbonyl (C=O) groups excluding carboxylic acids is 2. The molecule has 3 aromatic carbocycles. The largest absolute Gasteiger partial charge is 0.507 e. The minimum absolute atomic E-state index is 0.0433. The van der Waals surface area contributed by atoms with Gasteiger partial charge in [-0.25, -0.2) is 0 Å². The first-order valence-corrected chi connectivity index (χ1v) is 12.3. The van der Waals surface area contributed by atoms with Gasteiger partial charge in [0.2, 0.25) is 0 Å². The van der Waals surface area contributed by atoms with E-state index in [0.29, 0.717) is 54.6 Å². The van der Waals surface area contributed by atoms with Gasteiger partial charge in [-0.2, -0.15) is 0 Å². The highest BCUT2D eigenvalue weighted by atomic mass is 16.5. The summed E-state index contributed by atoms with van der Waals surface area (Å²) in [7, 11) is 1.56. The molecule has 0 spiro atoms. The third-order valence-electron chi connectivity index (χ3n) is 6.18. The fourth-order valence-electron chi connectivity index (χ4n) is 4.44. The Morgan fingerprint density at radius 3 is 2.30 bits per heavy atom. The van der Waals surface area contributed by atoms with Crippen LogP contribution in [0, 0.1) is 0 Å². The lowest BCUT2D eigenvalue weighted by Gasteiger charge is -2.25. The van der Waals surface area contributed by atoms with Gasteiger partial charge in [-0.15, -0.1) is 0 Å². The van der Waals surface area contributed by atoms with Gasteiger partial charge in [0.1, 0.15) is 18.1 Å². The van der Waals surface area contributed by atoms with Gasteiger partial charge < -0.3 is 24.2 Å². The van der Waals surface area contributed by atoms with Crippen LogP contribution in [0.3, 0.4) is 0 Å². The number of rotatable bonds is 10. The Balaban J connectivity index is 1.76. The first-order chi connectivity index (χ1) is 18.0. The Hall–Kier alpha value is -4.26. The molecule has 0 saturated carbocycles. The molecule has 1 amide bonds. The number of benzene rings is 3. The van der Waals surface area contributed by atoms with Gasteiger partial charge in [0.25, 0.3) is 11.7 Å². The number of methoxy groups -OCH3 is 1. The van der Waals surface area contributed by atoms with Crippen LogP contribution in [0.2, 0.25) is 0 Å². The average molecular weight is 502 g/mol. The molecule has 0 aromatic heterocycles. The van der Waals surface area contributed by atoms with Gasteiger partial charge in [0.15, 0.2) is 11.5 Å². The highest BCUT2D eigenvalue weighted by Gasteiger charge is 2.45. The van der Waals surface area contributed by atoms with Crippen molar-refractivity contribution >= 4 is 17.4 Å². The first kappa shape index (κ1) is 25.8. The number of ether oxygens (including phenoxy) is 3. The average Bonchev–Trinajstić information content (AvgIpc) is 3.18. The Kier molecular flexibility index (Phi) is 8.13. The highest BCUT2D eigenvalue weighted by molar-refractivity contribution is 6.46. The van der Waals surface area contributed by atoms with Crippen LogP contribution in [0.5, 0.6) is 17.2 Å². The third kappa shape index (κ3) is 5.45. The van der Waals surface area contributed by atoms with Gasteiger partial charge in [0.05, 0.1) is 25.3 Å². The molecule has 1 saturated heterocycles. The Bertz CT molecular complexity index is 1280. The summed E-state index contributed by atoms with van der Waals surface area (Å²) in [6.07, 6.45) is 0.653. The van der Waals surface area contributed by atoms with Gasteiger partial charge >= 0.3 is 0 Å². The van der Waals surface area contributed by atoms with Crippen molar-refractivity contribution in [1.82, 2.24) is 4.90 Å². The Morgan fingerprint density at radius 2 is 1.65 bits per heavy atom.